The second-order valence-corrected chi connectivity index (χ2v) is 6.02. The molecule has 0 radical (unpaired) electrons. The molecule has 0 bridgehead atoms. The molecule has 0 fully saturated rings. The maximum absolute atomic E-state index is 12.1. The van der Waals surface area contributed by atoms with E-state index in [1.807, 2.05) is 30.3 Å². The number of nitrogens with one attached hydrogen (secondary N) is 1. The van der Waals surface area contributed by atoms with Gasteiger partial charge < -0.3 is 15.2 Å². The fourth-order valence-corrected chi connectivity index (χ4v) is 2.72. The van der Waals surface area contributed by atoms with Gasteiger partial charge in [-0.05, 0) is 29.7 Å². The van der Waals surface area contributed by atoms with Crippen LogP contribution in [-0.2, 0) is 22.4 Å². The molecule has 1 atom stereocenters. The van der Waals surface area contributed by atoms with Crippen molar-refractivity contribution in [2.45, 2.75) is 25.3 Å². The van der Waals surface area contributed by atoms with Crippen LogP contribution in [0.15, 0.2) is 48.5 Å². The van der Waals surface area contributed by atoms with Gasteiger partial charge in [0.15, 0.2) is 0 Å². The van der Waals surface area contributed by atoms with Crippen LogP contribution in [0.25, 0.3) is 0 Å². The van der Waals surface area contributed by atoms with Gasteiger partial charge in [-0.25, -0.2) is 4.79 Å². The highest BCUT2D eigenvalue weighted by molar-refractivity contribution is 6.32. The summed E-state index contributed by atoms with van der Waals surface area (Å²) in [4.78, 5) is 23.5. The van der Waals surface area contributed by atoms with Crippen molar-refractivity contribution in [1.82, 2.24) is 5.32 Å². The van der Waals surface area contributed by atoms with Crippen molar-refractivity contribution in [3.05, 3.63) is 64.7 Å². The minimum Gasteiger partial charge on any atom is -0.495 e. The molecule has 132 valence electrons. The predicted molar refractivity (Wildman–Crippen MR) is 96.0 cm³/mol. The SMILES string of the molecule is COc1ccc(C[C@@H](NC(=O)CCc2ccccc2)C(=O)O)cc1Cl. The molecule has 0 aliphatic rings. The lowest BCUT2D eigenvalue weighted by atomic mass is 10.0. The summed E-state index contributed by atoms with van der Waals surface area (Å²) in [5.74, 6) is -0.861. The molecule has 6 heteroatoms. The van der Waals surface area contributed by atoms with Gasteiger partial charge in [0.25, 0.3) is 0 Å². The first kappa shape index (κ1) is 18.8. The van der Waals surface area contributed by atoms with E-state index in [9.17, 15) is 14.7 Å². The average Bonchev–Trinajstić information content (AvgIpc) is 2.60. The van der Waals surface area contributed by atoms with E-state index in [0.29, 0.717) is 22.8 Å². The molecule has 2 rings (SSSR count). The first-order chi connectivity index (χ1) is 12.0. The van der Waals surface area contributed by atoms with Crippen LogP contribution in [0.2, 0.25) is 5.02 Å². The van der Waals surface area contributed by atoms with Crippen LogP contribution in [0.1, 0.15) is 17.5 Å². The number of carbonyl (C=O) groups excluding carboxylic acids is 1. The highest BCUT2D eigenvalue weighted by Gasteiger charge is 2.20. The minimum absolute atomic E-state index is 0.149. The number of benzene rings is 2. The van der Waals surface area contributed by atoms with E-state index in [2.05, 4.69) is 5.32 Å². The van der Waals surface area contributed by atoms with E-state index in [0.717, 1.165) is 5.56 Å². The standard InChI is InChI=1S/C19H20ClNO4/c1-25-17-9-7-14(11-15(17)20)12-16(19(23)24)21-18(22)10-8-13-5-3-2-4-6-13/h2-7,9,11,16H,8,10,12H2,1H3,(H,21,22)(H,23,24)/t16-/m1/s1. The number of rotatable bonds is 8. The Balaban J connectivity index is 1.95. The van der Waals surface area contributed by atoms with E-state index in [-0.39, 0.29) is 18.7 Å². The number of hydrogen-bond donors (Lipinski definition) is 2. The van der Waals surface area contributed by atoms with Gasteiger partial charge >= 0.3 is 5.97 Å². The molecule has 25 heavy (non-hydrogen) atoms. The van der Waals surface area contributed by atoms with Gasteiger partial charge in [-0.1, -0.05) is 48.0 Å². The fourth-order valence-electron chi connectivity index (χ4n) is 2.44. The van der Waals surface area contributed by atoms with Crippen LogP contribution < -0.4 is 10.1 Å². The summed E-state index contributed by atoms with van der Waals surface area (Å²) >= 11 is 6.06. The Bertz CT molecular complexity index is 733. The van der Waals surface area contributed by atoms with Gasteiger partial charge in [-0.3, -0.25) is 4.79 Å². The van der Waals surface area contributed by atoms with Crippen LogP contribution in [0.4, 0.5) is 0 Å². The molecule has 0 heterocycles. The Kier molecular flexibility index (Phi) is 6.83. The van der Waals surface area contributed by atoms with Gasteiger partial charge in [0.05, 0.1) is 12.1 Å². The number of aliphatic carboxylic acids is 1. The molecule has 2 aromatic carbocycles. The maximum atomic E-state index is 12.1. The fraction of sp³-hybridized carbons (Fsp3) is 0.263. The Labute approximate surface area is 151 Å². The second kappa shape index (κ2) is 9.08. The number of halogens is 1. The highest BCUT2D eigenvalue weighted by Crippen LogP contribution is 2.25. The molecule has 0 aliphatic carbocycles. The summed E-state index contributed by atoms with van der Waals surface area (Å²) in [5.41, 5.74) is 1.74. The monoisotopic (exact) mass is 361 g/mol. The number of aryl methyl sites for hydroxylation is 1. The molecule has 0 aromatic heterocycles. The molecule has 1 amide bonds. The van der Waals surface area contributed by atoms with Crippen LogP contribution in [0.5, 0.6) is 5.75 Å². The molecule has 5 nitrogen and oxygen atoms in total. The first-order valence-electron chi connectivity index (χ1n) is 7.88. The number of carboxylic acids is 1. The lowest BCUT2D eigenvalue weighted by Crippen LogP contribution is -2.42. The summed E-state index contributed by atoms with van der Waals surface area (Å²) in [6.07, 6.45) is 0.945. The molecule has 2 aromatic rings. The molecular weight excluding hydrogens is 342 g/mol. The van der Waals surface area contributed by atoms with Crippen LogP contribution >= 0.6 is 11.6 Å². The summed E-state index contributed by atoms with van der Waals surface area (Å²) in [6, 6.07) is 13.6. The Morgan fingerprint density at radius 2 is 1.88 bits per heavy atom. The smallest absolute Gasteiger partial charge is 0.326 e. The van der Waals surface area contributed by atoms with E-state index < -0.39 is 12.0 Å². The van der Waals surface area contributed by atoms with Crippen molar-refractivity contribution in [1.29, 1.82) is 0 Å². The molecule has 0 saturated heterocycles. The third-order valence-electron chi connectivity index (χ3n) is 3.77. The van der Waals surface area contributed by atoms with Gasteiger partial charge in [0, 0.05) is 12.8 Å². The van der Waals surface area contributed by atoms with E-state index in [4.69, 9.17) is 16.3 Å². The Morgan fingerprint density at radius 1 is 1.16 bits per heavy atom. The van der Waals surface area contributed by atoms with Crippen molar-refractivity contribution >= 4 is 23.5 Å². The van der Waals surface area contributed by atoms with Crippen molar-refractivity contribution in [3.8, 4) is 5.75 Å². The van der Waals surface area contributed by atoms with Crippen molar-refractivity contribution in [2.75, 3.05) is 7.11 Å². The molecule has 0 saturated carbocycles. The van der Waals surface area contributed by atoms with Crippen molar-refractivity contribution in [3.63, 3.8) is 0 Å². The summed E-state index contributed by atoms with van der Waals surface area (Å²) < 4.78 is 5.07. The number of carbonyl (C=O) groups is 2. The molecular formula is C19H20ClNO4. The maximum Gasteiger partial charge on any atom is 0.326 e. The van der Waals surface area contributed by atoms with E-state index in [1.54, 1.807) is 18.2 Å². The van der Waals surface area contributed by atoms with Gasteiger partial charge in [0.2, 0.25) is 5.91 Å². The number of ether oxygens (including phenoxy) is 1. The van der Waals surface area contributed by atoms with Crippen molar-refractivity contribution < 1.29 is 19.4 Å². The quantitative estimate of drug-likeness (QED) is 0.757. The average molecular weight is 362 g/mol. The molecule has 0 aliphatic heterocycles. The van der Waals surface area contributed by atoms with Crippen LogP contribution in [0, 0.1) is 0 Å². The molecule has 2 N–H and O–H groups in total. The minimum atomic E-state index is -1.08. The van der Waals surface area contributed by atoms with Crippen LogP contribution in [0.3, 0.4) is 0 Å². The summed E-state index contributed by atoms with van der Waals surface area (Å²) in [7, 11) is 1.51. The van der Waals surface area contributed by atoms with E-state index >= 15 is 0 Å². The summed E-state index contributed by atoms with van der Waals surface area (Å²) in [6.45, 7) is 0. The number of methoxy groups -OCH3 is 1. The van der Waals surface area contributed by atoms with Gasteiger partial charge in [0.1, 0.15) is 11.8 Å². The third kappa shape index (κ3) is 5.80. The number of carboxylic acid groups (broad SMARTS) is 1. The lowest BCUT2D eigenvalue weighted by Gasteiger charge is -2.15. The van der Waals surface area contributed by atoms with Gasteiger partial charge in [-0.15, -0.1) is 0 Å². The first-order valence-corrected chi connectivity index (χ1v) is 8.26. The summed E-state index contributed by atoms with van der Waals surface area (Å²) in [5, 5.41) is 12.3. The normalized spacial score (nSPS) is 11.6. The highest BCUT2D eigenvalue weighted by atomic mass is 35.5. The third-order valence-corrected chi connectivity index (χ3v) is 4.07. The topological polar surface area (TPSA) is 75.6 Å². The zero-order chi connectivity index (χ0) is 18.2. The van der Waals surface area contributed by atoms with E-state index in [1.165, 1.54) is 7.11 Å². The zero-order valence-electron chi connectivity index (χ0n) is 13.9. The number of amides is 1. The second-order valence-electron chi connectivity index (χ2n) is 5.62. The number of hydrogen-bond acceptors (Lipinski definition) is 3. The predicted octanol–water partition coefficient (Wildman–Crippen LogP) is 3.09. The van der Waals surface area contributed by atoms with Crippen LogP contribution in [-0.4, -0.2) is 30.1 Å². The molecule has 0 spiro atoms. The Morgan fingerprint density at radius 3 is 2.48 bits per heavy atom. The zero-order valence-corrected chi connectivity index (χ0v) is 14.6. The largest absolute Gasteiger partial charge is 0.495 e. The van der Waals surface area contributed by atoms with Gasteiger partial charge in [-0.2, -0.15) is 0 Å². The van der Waals surface area contributed by atoms with Crippen molar-refractivity contribution in [2.24, 2.45) is 0 Å². The lowest BCUT2D eigenvalue weighted by molar-refractivity contribution is -0.141. The Hall–Kier alpha value is -2.53. The molecule has 0 unspecified atom stereocenters.